The number of benzene rings is 3. The number of rotatable bonds is 3. The molecule has 0 atom stereocenters. The lowest BCUT2D eigenvalue weighted by molar-refractivity contribution is 0.0925. The van der Waals surface area contributed by atoms with Gasteiger partial charge in [0.05, 0.1) is 0 Å². The average Bonchev–Trinajstić information content (AvgIpc) is 3.32. The molecule has 0 saturated heterocycles. The highest BCUT2D eigenvalue weighted by Crippen LogP contribution is 2.32. The van der Waals surface area contributed by atoms with Crippen LogP contribution in [0.2, 0.25) is 0 Å². The molecule has 1 aliphatic heterocycles. The van der Waals surface area contributed by atoms with E-state index in [-0.39, 0.29) is 12.7 Å². The molecule has 0 spiro atoms. The molecule has 5 rings (SSSR count). The quantitative estimate of drug-likeness (QED) is 0.603. The minimum absolute atomic E-state index is 0.234. The van der Waals surface area contributed by atoms with Gasteiger partial charge < -0.3 is 19.2 Å². The Bertz CT molecular complexity index is 1150. The second-order valence-corrected chi connectivity index (χ2v) is 6.18. The van der Waals surface area contributed by atoms with Crippen molar-refractivity contribution in [3.8, 4) is 11.5 Å². The molecule has 4 aromatic rings. The number of nitrogens with one attached hydrogen (secondary N) is 1. The predicted molar refractivity (Wildman–Crippen MR) is 97.5 cm³/mol. The second kappa shape index (κ2) is 5.81. The number of fused-ring (bicyclic) bond motifs is 4. The van der Waals surface area contributed by atoms with E-state index in [2.05, 4.69) is 5.32 Å². The maximum atomic E-state index is 12.5. The summed E-state index contributed by atoms with van der Waals surface area (Å²) >= 11 is 0. The summed E-state index contributed by atoms with van der Waals surface area (Å²) in [6, 6.07) is 19.4. The molecular weight excluding hydrogens is 330 g/mol. The molecule has 0 saturated carbocycles. The van der Waals surface area contributed by atoms with Crippen molar-refractivity contribution in [1.82, 2.24) is 5.32 Å². The van der Waals surface area contributed by atoms with E-state index in [1.807, 2.05) is 54.6 Å². The molecule has 3 aromatic carbocycles. The summed E-state index contributed by atoms with van der Waals surface area (Å²) in [4.78, 5) is 12.5. The van der Waals surface area contributed by atoms with Crippen molar-refractivity contribution in [2.45, 2.75) is 6.54 Å². The molecule has 26 heavy (non-hydrogen) atoms. The highest BCUT2D eigenvalue weighted by Gasteiger charge is 2.16. The van der Waals surface area contributed by atoms with Gasteiger partial charge in [0.15, 0.2) is 17.3 Å². The van der Waals surface area contributed by atoms with Gasteiger partial charge in [0.25, 0.3) is 5.91 Å². The van der Waals surface area contributed by atoms with E-state index >= 15 is 0 Å². The summed E-state index contributed by atoms with van der Waals surface area (Å²) in [5.74, 6) is 1.48. The maximum absolute atomic E-state index is 12.5. The summed E-state index contributed by atoms with van der Waals surface area (Å²) < 4.78 is 16.4. The fourth-order valence-electron chi connectivity index (χ4n) is 3.22. The third-order valence-electron chi connectivity index (χ3n) is 4.54. The van der Waals surface area contributed by atoms with Crippen molar-refractivity contribution in [1.29, 1.82) is 0 Å². The van der Waals surface area contributed by atoms with Crippen LogP contribution in [0.15, 0.2) is 65.1 Å². The molecule has 0 radical (unpaired) electrons. The normalized spacial score (nSPS) is 12.6. The van der Waals surface area contributed by atoms with Gasteiger partial charge in [0.1, 0.15) is 5.58 Å². The Labute approximate surface area is 149 Å². The molecule has 0 fully saturated rings. The van der Waals surface area contributed by atoms with Crippen molar-refractivity contribution < 1.29 is 18.7 Å². The van der Waals surface area contributed by atoms with Crippen LogP contribution in [0.4, 0.5) is 0 Å². The molecule has 1 amide bonds. The minimum Gasteiger partial charge on any atom is -0.454 e. The Kier molecular flexibility index (Phi) is 3.31. The van der Waals surface area contributed by atoms with Crippen LogP contribution in [0.3, 0.4) is 0 Å². The fraction of sp³-hybridized carbons (Fsp3) is 0.0952. The third-order valence-corrected chi connectivity index (χ3v) is 4.54. The van der Waals surface area contributed by atoms with E-state index in [9.17, 15) is 4.79 Å². The van der Waals surface area contributed by atoms with Gasteiger partial charge >= 0.3 is 0 Å². The smallest absolute Gasteiger partial charge is 0.287 e. The van der Waals surface area contributed by atoms with Crippen molar-refractivity contribution in [2.24, 2.45) is 0 Å². The van der Waals surface area contributed by atoms with Crippen molar-refractivity contribution >= 4 is 27.6 Å². The lowest BCUT2D eigenvalue weighted by Crippen LogP contribution is -2.22. The first-order chi connectivity index (χ1) is 12.8. The second-order valence-electron chi connectivity index (χ2n) is 6.18. The van der Waals surface area contributed by atoms with Crippen LogP contribution in [0.1, 0.15) is 16.1 Å². The molecule has 0 bridgehead atoms. The first kappa shape index (κ1) is 14.8. The SMILES string of the molecule is O=C(NCc1ccc2c(c1)OCO2)c1cc2c(ccc3ccccc32)o1. The molecule has 5 heteroatoms. The molecule has 2 heterocycles. The maximum Gasteiger partial charge on any atom is 0.287 e. The van der Waals surface area contributed by atoms with Crippen LogP contribution in [-0.4, -0.2) is 12.7 Å². The lowest BCUT2D eigenvalue weighted by Gasteiger charge is -2.04. The average molecular weight is 345 g/mol. The number of hydrogen-bond acceptors (Lipinski definition) is 4. The molecule has 128 valence electrons. The summed E-state index contributed by atoms with van der Waals surface area (Å²) in [5, 5.41) is 6.02. The number of ether oxygens (including phenoxy) is 2. The number of furan rings is 1. The standard InChI is InChI=1S/C21H15NO4/c23-21(22-11-13-5-7-18-19(9-13)25-12-24-18)20-10-16-15-4-2-1-3-14(15)6-8-17(16)26-20/h1-10H,11-12H2,(H,22,23). The molecule has 0 aliphatic carbocycles. The monoisotopic (exact) mass is 345 g/mol. The van der Waals surface area contributed by atoms with Crippen molar-refractivity contribution in [2.75, 3.05) is 6.79 Å². The summed E-state index contributed by atoms with van der Waals surface area (Å²) in [6.45, 7) is 0.616. The van der Waals surface area contributed by atoms with Gasteiger partial charge in [-0.3, -0.25) is 4.79 Å². The van der Waals surface area contributed by atoms with Gasteiger partial charge in [0.2, 0.25) is 6.79 Å². The zero-order valence-electron chi connectivity index (χ0n) is 13.8. The molecule has 5 nitrogen and oxygen atoms in total. The van der Waals surface area contributed by atoms with Crippen LogP contribution in [-0.2, 0) is 6.54 Å². The Morgan fingerprint density at radius 3 is 2.77 bits per heavy atom. The van der Waals surface area contributed by atoms with E-state index < -0.39 is 0 Å². The number of carbonyl (C=O) groups is 1. The molecule has 1 N–H and O–H groups in total. The van der Waals surface area contributed by atoms with Gasteiger partial charge in [0, 0.05) is 11.9 Å². The van der Waals surface area contributed by atoms with E-state index in [4.69, 9.17) is 13.9 Å². The Morgan fingerprint density at radius 2 is 1.81 bits per heavy atom. The number of amides is 1. The van der Waals surface area contributed by atoms with Gasteiger partial charge in [-0.1, -0.05) is 36.4 Å². The van der Waals surface area contributed by atoms with E-state index in [0.717, 1.165) is 27.5 Å². The highest BCUT2D eigenvalue weighted by atomic mass is 16.7. The van der Waals surface area contributed by atoms with Gasteiger partial charge in [-0.05, 0) is 40.6 Å². The number of carbonyl (C=O) groups excluding carboxylic acids is 1. The lowest BCUT2D eigenvalue weighted by atomic mass is 10.1. The van der Waals surface area contributed by atoms with Crippen molar-refractivity contribution in [3.63, 3.8) is 0 Å². The largest absolute Gasteiger partial charge is 0.454 e. The Hall–Kier alpha value is -3.47. The van der Waals surface area contributed by atoms with E-state index in [0.29, 0.717) is 23.6 Å². The van der Waals surface area contributed by atoms with E-state index in [1.54, 1.807) is 6.07 Å². The van der Waals surface area contributed by atoms with Gasteiger partial charge in [-0.15, -0.1) is 0 Å². The Morgan fingerprint density at radius 1 is 0.923 bits per heavy atom. The Balaban J connectivity index is 1.39. The topological polar surface area (TPSA) is 60.7 Å². The third kappa shape index (κ3) is 2.45. The van der Waals surface area contributed by atoms with Crippen LogP contribution in [0.25, 0.3) is 21.7 Å². The number of hydrogen-bond donors (Lipinski definition) is 1. The van der Waals surface area contributed by atoms with Crippen molar-refractivity contribution in [3.05, 3.63) is 72.0 Å². The summed E-state index contributed by atoms with van der Waals surface area (Å²) in [5.41, 5.74) is 1.64. The van der Waals surface area contributed by atoms with Crippen LogP contribution in [0, 0.1) is 0 Å². The van der Waals surface area contributed by atoms with Crippen LogP contribution >= 0.6 is 0 Å². The highest BCUT2D eigenvalue weighted by molar-refractivity contribution is 6.08. The fourth-order valence-corrected chi connectivity index (χ4v) is 3.22. The van der Waals surface area contributed by atoms with Gasteiger partial charge in [-0.2, -0.15) is 0 Å². The first-order valence-corrected chi connectivity index (χ1v) is 8.36. The van der Waals surface area contributed by atoms with Gasteiger partial charge in [-0.25, -0.2) is 0 Å². The van der Waals surface area contributed by atoms with Crippen LogP contribution in [0.5, 0.6) is 11.5 Å². The van der Waals surface area contributed by atoms with E-state index in [1.165, 1.54) is 0 Å². The first-order valence-electron chi connectivity index (χ1n) is 8.36. The zero-order chi connectivity index (χ0) is 17.5. The summed E-state index contributed by atoms with van der Waals surface area (Å²) in [7, 11) is 0. The molecule has 0 unspecified atom stereocenters. The predicted octanol–water partition coefficient (Wildman–Crippen LogP) is 4.24. The molecular formula is C21H15NO4. The summed E-state index contributed by atoms with van der Waals surface area (Å²) in [6.07, 6.45) is 0. The molecule has 1 aliphatic rings. The zero-order valence-corrected chi connectivity index (χ0v) is 13.8. The van der Waals surface area contributed by atoms with Crippen LogP contribution < -0.4 is 14.8 Å². The minimum atomic E-state index is -0.247. The molecule has 1 aromatic heterocycles.